The largest absolute Gasteiger partial charge is 0.436 e. The third kappa shape index (κ3) is 3.37. The predicted octanol–water partition coefficient (Wildman–Crippen LogP) is 3.29. The minimum Gasteiger partial charge on any atom is -0.436 e. The van der Waals surface area contributed by atoms with Crippen molar-refractivity contribution in [1.29, 1.82) is 0 Å². The first-order valence-corrected chi connectivity index (χ1v) is 5.81. The van der Waals surface area contributed by atoms with Gasteiger partial charge in [-0.2, -0.15) is 4.98 Å². The topological polar surface area (TPSA) is 47.0 Å². The first-order valence-electron chi connectivity index (χ1n) is 5.81. The van der Waals surface area contributed by atoms with E-state index in [1.165, 1.54) is 0 Å². The standard InChI is InChI=1S/C13H13F2N3O/c1-3-16-13-17-8(2)6-12(18-13)19-11-7-9(14)4-5-10(11)15/h4-7H,3H2,1-2H3,(H,16,17,18). The minimum atomic E-state index is -0.650. The van der Waals surface area contributed by atoms with E-state index in [9.17, 15) is 8.78 Å². The molecule has 0 fully saturated rings. The number of nitrogens with one attached hydrogen (secondary N) is 1. The van der Waals surface area contributed by atoms with Crippen molar-refractivity contribution in [1.82, 2.24) is 9.97 Å². The Morgan fingerprint density at radius 3 is 2.74 bits per heavy atom. The molecule has 4 nitrogen and oxygen atoms in total. The molecule has 0 atom stereocenters. The fourth-order valence-electron chi connectivity index (χ4n) is 1.50. The molecule has 0 aliphatic rings. The number of ether oxygens (including phenoxy) is 1. The van der Waals surface area contributed by atoms with Crippen molar-refractivity contribution in [3.8, 4) is 11.6 Å². The van der Waals surface area contributed by atoms with Gasteiger partial charge in [0.05, 0.1) is 0 Å². The zero-order valence-electron chi connectivity index (χ0n) is 10.6. The van der Waals surface area contributed by atoms with E-state index in [1.54, 1.807) is 13.0 Å². The van der Waals surface area contributed by atoms with Gasteiger partial charge in [0.15, 0.2) is 11.6 Å². The van der Waals surface area contributed by atoms with Gasteiger partial charge in [0.25, 0.3) is 0 Å². The lowest BCUT2D eigenvalue weighted by atomic mass is 10.3. The summed E-state index contributed by atoms with van der Waals surface area (Å²) in [6.07, 6.45) is 0. The van der Waals surface area contributed by atoms with Crippen molar-refractivity contribution < 1.29 is 13.5 Å². The Morgan fingerprint density at radius 2 is 2.00 bits per heavy atom. The molecule has 0 aliphatic carbocycles. The second-order valence-electron chi connectivity index (χ2n) is 3.88. The molecule has 1 heterocycles. The Hall–Kier alpha value is -2.24. The van der Waals surface area contributed by atoms with Crippen molar-refractivity contribution >= 4 is 5.95 Å². The second-order valence-corrected chi connectivity index (χ2v) is 3.88. The van der Waals surface area contributed by atoms with E-state index in [0.717, 1.165) is 18.2 Å². The Bertz CT molecular complexity index is 590. The highest BCUT2D eigenvalue weighted by atomic mass is 19.1. The monoisotopic (exact) mass is 265 g/mol. The maximum atomic E-state index is 13.5. The highest BCUT2D eigenvalue weighted by Gasteiger charge is 2.09. The zero-order chi connectivity index (χ0) is 13.8. The van der Waals surface area contributed by atoms with Crippen LogP contribution in [0.15, 0.2) is 24.3 Å². The van der Waals surface area contributed by atoms with Crippen LogP contribution in [0.3, 0.4) is 0 Å². The van der Waals surface area contributed by atoms with Gasteiger partial charge in [0, 0.05) is 24.4 Å². The molecule has 0 spiro atoms. The predicted molar refractivity (Wildman–Crippen MR) is 67.4 cm³/mol. The van der Waals surface area contributed by atoms with Crippen molar-refractivity contribution in [2.45, 2.75) is 13.8 Å². The number of halogens is 2. The number of benzene rings is 1. The first-order chi connectivity index (χ1) is 9.08. The fourth-order valence-corrected chi connectivity index (χ4v) is 1.50. The summed E-state index contributed by atoms with van der Waals surface area (Å²) in [6, 6.07) is 4.55. The molecule has 1 N–H and O–H groups in total. The van der Waals surface area contributed by atoms with Gasteiger partial charge in [-0.1, -0.05) is 0 Å². The Kier molecular flexibility index (Phi) is 3.89. The molecule has 1 aromatic carbocycles. The molecule has 0 bridgehead atoms. The van der Waals surface area contributed by atoms with Crippen LogP contribution in [0.2, 0.25) is 0 Å². The van der Waals surface area contributed by atoms with E-state index in [2.05, 4.69) is 15.3 Å². The quantitative estimate of drug-likeness (QED) is 0.921. The molecule has 19 heavy (non-hydrogen) atoms. The van der Waals surface area contributed by atoms with Crippen LogP contribution in [-0.4, -0.2) is 16.5 Å². The SMILES string of the molecule is CCNc1nc(C)cc(Oc2cc(F)ccc2F)n1. The Labute approximate surface area is 109 Å². The summed E-state index contributed by atoms with van der Waals surface area (Å²) < 4.78 is 31.7. The van der Waals surface area contributed by atoms with Crippen LogP contribution < -0.4 is 10.1 Å². The minimum absolute atomic E-state index is 0.160. The van der Waals surface area contributed by atoms with Crippen molar-refractivity contribution in [3.05, 3.63) is 41.6 Å². The van der Waals surface area contributed by atoms with Crippen LogP contribution in [0.5, 0.6) is 11.6 Å². The number of hydrogen-bond donors (Lipinski definition) is 1. The van der Waals surface area contributed by atoms with E-state index in [4.69, 9.17) is 4.74 Å². The van der Waals surface area contributed by atoms with E-state index >= 15 is 0 Å². The van der Waals surface area contributed by atoms with Gasteiger partial charge >= 0.3 is 0 Å². The first kappa shape index (κ1) is 13.2. The number of anilines is 1. The maximum Gasteiger partial charge on any atom is 0.226 e. The molecule has 0 amide bonds. The number of nitrogens with zero attached hydrogens (tertiary/aromatic N) is 2. The molecule has 1 aromatic heterocycles. The van der Waals surface area contributed by atoms with Gasteiger partial charge in [0.2, 0.25) is 11.8 Å². The zero-order valence-corrected chi connectivity index (χ0v) is 10.6. The van der Waals surface area contributed by atoms with Crippen LogP contribution in [0, 0.1) is 18.6 Å². The number of hydrogen-bond acceptors (Lipinski definition) is 4. The number of rotatable bonds is 4. The van der Waals surface area contributed by atoms with E-state index in [0.29, 0.717) is 18.2 Å². The molecule has 0 saturated heterocycles. The van der Waals surface area contributed by atoms with Crippen LogP contribution in [0.25, 0.3) is 0 Å². The third-order valence-electron chi connectivity index (χ3n) is 2.27. The fraction of sp³-hybridized carbons (Fsp3) is 0.231. The second kappa shape index (κ2) is 5.60. The summed E-state index contributed by atoms with van der Waals surface area (Å²) in [7, 11) is 0. The van der Waals surface area contributed by atoms with Crippen molar-refractivity contribution in [3.63, 3.8) is 0 Å². The molecule has 2 rings (SSSR count). The molecule has 2 aromatic rings. The van der Waals surface area contributed by atoms with Crippen LogP contribution in [0.4, 0.5) is 14.7 Å². The van der Waals surface area contributed by atoms with Crippen molar-refractivity contribution in [2.24, 2.45) is 0 Å². The summed E-state index contributed by atoms with van der Waals surface area (Å²) in [5.74, 6) is -0.889. The molecule has 0 aliphatic heterocycles. The molecular formula is C13H13F2N3O. The highest BCUT2D eigenvalue weighted by molar-refractivity contribution is 5.34. The van der Waals surface area contributed by atoms with E-state index < -0.39 is 11.6 Å². The van der Waals surface area contributed by atoms with Gasteiger partial charge in [-0.15, -0.1) is 0 Å². The normalized spacial score (nSPS) is 10.3. The average Bonchev–Trinajstić information content (AvgIpc) is 2.33. The third-order valence-corrected chi connectivity index (χ3v) is 2.27. The molecule has 6 heteroatoms. The molecular weight excluding hydrogens is 252 g/mol. The molecule has 0 radical (unpaired) electrons. The van der Waals surface area contributed by atoms with E-state index in [1.807, 2.05) is 6.92 Å². The van der Waals surface area contributed by atoms with Crippen LogP contribution in [-0.2, 0) is 0 Å². The summed E-state index contributed by atoms with van der Waals surface area (Å²) >= 11 is 0. The van der Waals surface area contributed by atoms with Gasteiger partial charge in [0.1, 0.15) is 5.82 Å². The Morgan fingerprint density at radius 1 is 1.21 bits per heavy atom. The maximum absolute atomic E-state index is 13.5. The van der Waals surface area contributed by atoms with Crippen LogP contribution >= 0.6 is 0 Å². The highest BCUT2D eigenvalue weighted by Crippen LogP contribution is 2.24. The summed E-state index contributed by atoms with van der Waals surface area (Å²) in [5.41, 5.74) is 0.665. The van der Waals surface area contributed by atoms with E-state index in [-0.39, 0.29) is 11.6 Å². The van der Waals surface area contributed by atoms with Crippen LogP contribution in [0.1, 0.15) is 12.6 Å². The number of aryl methyl sites for hydroxylation is 1. The number of aromatic nitrogens is 2. The Balaban J connectivity index is 2.29. The molecule has 0 saturated carbocycles. The smallest absolute Gasteiger partial charge is 0.226 e. The molecule has 100 valence electrons. The summed E-state index contributed by atoms with van der Waals surface area (Å²) in [5, 5.41) is 2.93. The van der Waals surface area contributed by atoms with Gasteiger partial charge in [-0.3, -0.25) is 0 Å². The van der Waals surface area contributed by atoms with Gasteiger partial charge in [-0.25, -0.2) is 13.8 Å². The van der Waals surface area contributed by atoms with Gasteiger partial charge < -0.3 is 10.1 Å². The lowest BCUT2D eigenvalue weighted by Crippen LogP contribution is -2.04. The summed E-state index contributed by atoms with van der Waals surface area (Å²) in [4.78, 5) is 8.19. The van der Waals surface area contributed by atoms with Gasteiger partial charge in [-0.05, 0) is 26.0 Å². The van der Waals surface area contributed by atoms with Crippen molar-refractivity contribution in [2.75, 3.05) is 11.9 Å². The summed E-state index contributed by atoms with van der Waals surface area (Å²) in [6.45, 7) is 4.31. The molecule has 0 unspecified atom stereocenters. The lowest BCUT2D eigenvalue weighted by molar-refractivity contribution is 0.421. The lowest BCUT2D eigenvalue weighted by Gasteiger charge is -2.08. The average molecular weight is 265 g/mol.